The molecule has 0 aliphatic heterocycles. The van der Waals surface area contributed by atoms with Gasteiger partial charge in [-0.15, -0.1) is 0 Å². The summed E-state index contributed by atoms with van der Waals surface area (Å²) in [5.41, 5.74) is 2.23. The Labute approximate surface area is 116 Å². The first-order valence-electron chi connectivity index (χ1n) is 6.04. The zero-order valence-corrected chi connectivity index (χ0v) is 12.2. The normalized spacial score (nSPS) is 10.4. The molecule has 0 fully saturated rings. The molecular weight excluding hydrogens is 290 g/mol. The van der Waals surface area contributed by atoms with E-state index in [4.69, 9.17) is 0 Å². The van der Waals surface area contributed by atoms with E-state index in [1.807, 2.05) is 18.2 Å². The average molecular weight is 306 g/mol. The van der Waals surface area contributed by atoms with Crippen LogP contribution in [-0.2, 0) is 0 Å². The highest BCUT2D eigenvalue weighted by molar-refractivity contribution is 9.10. The monoisotopic (exact) mass is 305 g/mol. The Morgan fingerprint density at radius 3 is 2.83 bits per heavy atom. The highest BCUT2D eigenvalue weighted by Crippen LogP contribution is 2.23. The van der Waals surface area contributed by atoms with E-state index in [-0.39, 0.29) is 0 Å². The summed E-state index contributed by atoms with van der Waals surface area (Å²) in [6, 6.07) is 8.05. The largest absolute Gasteiger partial charge is 0.370 e. The zero-order valence-electron chi connectivity index (χ0n) is 10.6. The summed E-state index contributed by atoms with van der Waals surface area (Å²) in [6.45, 7) is 5.12. The second kappa shape index (κ2) is 5.96. The predicted octanol–water partition coefficient (Wildman–Crippen LogP) is 4.04. The van der Waals surface area contributed by atoms with Crippen LogP contribution < -0.4 is 5.32 Å². The summed E-state index contributed by atoms with van der Waals surface area (Å²) in [5.74, 6) is 1.62. The van der Waals surface area contributed by atoms with Crippen molar-refractivity contribution in [3.8, 4) is 11.4 Å². The molecular formula is C14H16BrN3. The smallest absolute Gasteiger partial charge is 0.161 e. The van der Waals surface area contributed by atoms with Crippen molar-refractivity contribution in [1.82, 2.24) is 9.97 Å². The Bertz CT molecular complexity index is 540. The van der Waals surface area contributed by atoms with E-state index in [0.29, 0.717) is 0 Å². The number of nitrogens with zero attached hydrogens (tertiary/aromatic N) is 2. The van der Waals surface area contributed by atoms with Crippen LogP contribution in [-0.4, -0.2) is 16.5 Å². The third kappa shape index (κ3) is 3.07. The second-order valence-electron chi connectivity index (χ2n) is 4.16. The number of rotatable bonds is 4. The van der Waals surface area contributed by atoms with Crippen molar-refractivity contribution >= 4 is 21.7 Å². The first-order valence-corrected chi connectivity index (χ1v) is 6.83. The summed E-state index contributed by atoms with van der Waals surface area (Å²) in [4.78, 5) is 8.82. The molecule has 1 heterocycles. The number of halogens is 1. The maximum absolute atomic E-state index is 4.51. The molecule has 3 nitrogen and oxygen atoms in total. The summed E-state index contributed by atoms with van der Waals surface area (Å²) in [7, 11) is 0. The number of hydrogen-bond donors (Lipinski definition) is 1. The molecule has 2 aromatic rings. The topological polar surface area (TPSA) is 37.8 Å². The molecule has 18 heavy (non-hydrogen) atoms. The van der Waals surface area contributed by atoms with Crippen LogP contribution in [0.15, 0.2) is 34.9 Å². The Morgan fingerprint density at radius 2 is 2.11 bits per heavy atom. The lowest BCUT2D eigenvalue weighted by Gasteiger charge is -2.06. The molecule has 0 amide bonds. The Kier molecular flexibility index (Phi) is 4.31. The predicted molar refractivity (Wildman–Crippen MR) is 78.7 cm³/mol. The molecule has 0 aliphatic rings. The lowest BCUT2D eigenvalue weighted by atomic mass is 10.1. The number of benzene rings is 1. The molecule has 1 aromatic heterocycles. The fourth-order valence-electron chi connectivity index (χ4n) is 1.58. The van der Waals surface area contributed by atoms with Gasteiger partial charge in [-0.1, -0.05) is 35.0 Å². The minimum atomic E-state index is 0.747. The fraction of sp³-hybridized carbons (Fsp3) is 0.286. The fourth-order valence-corrected chi connectivity index (χ4v) is 1.96. The van der Waals surface area contributed by atoms with Crippen LogP contribution in [0.3, 0.4) is 0 Å². The Balaban J connectivity index is 2.29. The first kappa shape index (κ1) is 13.0. The van der Waals surface area contributed by atoms with E-state index in [0.717, 1.165) is 34.6 Å². The van der Waals surface area contributed by atoms with Crippen molar-refractivity contribution < 1.29 is 0 Å². The quantitative estimate of drug-likeness (QED) is 0.926. The first-order chi connectivity index (χ1) is 8.70. The van der Waals surface area contributed by atoms with E-state index in [9.17, 15) is 0 Å². The van der Waals surface area contributed by atoms with Crippen molar-refractivity contribution in [1.29, 1.82) is 0 Å². The van der Waals surface area contributed by atoms with Gasteiger partial charge in [0.25, 0.3) is 0 Å². The number of hydrogen-bond acceptors (Lipinski definition) is 3. The molecule has 0 saturated heterocycles. The second-order valence-corrected chi connectivity index (χ2v) is 5.01. The molecule has 0 spiro atoms. The van der Waals surface area contributed by atoms with Gasteiger partial charge in [0.15, 0.2) is 5.82 Å². The van der Waals surface area contributed by atoms with Crippen LogP contribution in [0.25, 0.3) is 11.4 Å². The maximum Gasteiger partial charge on any atom is 0.161 e. The van der Waals surface area contributed by atoms with Crippen molar-refractivity contribution in [2.45, 2.75) is 20.3 Å². The van der Waals surface area contributed by atoms with Crippen molar-refractivity contribution in [2.75, 3.05) is 11.9 Å². The van der Waals surface area contributed by atoms with Crippen molar-refractivity contribution in [2.24, 2.45) is 0 Å². The zero-order chi connectivity index (χ0) is 13.0. The molecule has 2 rings (SSSR count). The van der Waals surface area contributed by atoms with Gasteiger partial charge in [-0.3, -0.25) is 0 Å². The van der Waals surface area contributed by atoms with Gasteiger partial charge in [-0.2, -0.15) is 0 Å². The van der Waals surface area contributed by atoms with E-state index in [1.54, 1.807) is 6.20 Å². The highest BCUT2D eigenvalue weighted by atomic mass is 79.9. The summed E-state index contributed by atoms with van der Waals surface area (Å²) >= 11 is 3.53. The molecule has 0 bridgehead atoms. The van der Waals surface area contributed by atoms with E-state index < -0.39 is 0 Å². The van der Waals surface area contributed by atoms with E-state index in [1.165, 1.54) is 5.56 Å². The number of nitrogens with one attached hydrogen (secondary N) is 1. The Hall–Kier alpha value is -1.42. The Morgan fingerprint density at radius 1 is 1.28 bits per heavy atom. The van der Waals surface area contributed by atoms with Gasteiger partial charge in [0.05, 0.1) is 0 Å². The lowest BCUT2D eigenvalue weighted by Crippen LogP contribution is -2.03. The van der Waals surface area contributed by atoms with Gasteiger partial charge >= 0.3 is 0 Å². The van der Waals surface area contributed by atoms with Crippen LogP contribution in [0.1, 0.15) is 18.9 Å². The maximum atomic E-state index is 4.51. The molecule has 0 unspecified atom stereocenters. The summed E-state index contributed by atoms with van der Waals surface area (Å²) in [5, 5.41) is 3.27. The van der Waals surface area contributed by atoms with Gasteiger partial charge < -0.3 is 5.32 Å². The van der Waals surface area contributed by atoms with Crippen LogP contribution in [0.5, 0.6) is 0 Å². The molecule has 0 radical (unpaired) electrons. The van der Waals surface area contributed by atoms with Crippen molar-refractivity contribution in [3.05, 3.63) is 40.5 Å². The van der Waals surface area contributed by atoms with Crippen LogP contribution in [0, 0.1) is 6.92 Å². The summed E-state index contributed by atoms with van der Waals surface area (Å²) < 4.78 is 1.08. The minimum absolute atomic E-state index is 0.747. The molecule has 0 aliphatic carbocycles. The highest BCUT2D eigenvalue weighted by Gasteiger charge is 2.04. The standard InChI is InChI=1S/C14H16BrN3/c1-3-7-16-13-6-8-17-14(18-13)11-5-4-10(2)12(15)9-11/h4-6,8-9H,3,7H2,1-2H3,(H,16,17,18). The van der Waals surface area contributed by atoms with Gasteiger partial charge in [0.2, 0.25) is 0 Å². The molecule has 1 aromatic carbocycles. The van der Waals surface area contributed by atoms with Gasteiger partial charge in [0.1, 0.15) is 5.82 Å². The third-order valence-corrected chi connectivity index (χ3v) is 3.50. The van der Waals surface area contributed by atoms with Gasteiger partial charge in [0, 0.05) is 22.8 Å². The van der Waals surface area contributed by atoms with Gasteiger partial charge in [-0.05, 0) is 31.0 Å². The minimum Gasteiger partial charge on any atom is -0.370 e. The SMILES string of the molecule is CCCNc1ccnc(-c2ccc(C)c(Br)c2)n1. The lowest BCUT2D eigenvalue weighted by molar-refractivity contribution is 0.966. The third-order valence-electron chi connectivity index (χ3n) is 2.64. The molecule has 1 N–H and O–H groups in total. The average Bonchev–Trinajstić information content (AvgIpc) is 2.40. The molecule has 4 heteroatoms. The molecule has 94 valence electrons. The van der Waals surface area contributed by atoms with Crippen LogP contribution in [0.2, 0.25) is 0 Å². The van der Waals surface area contributed by atoms with Gasteiger partial charge in [-0.25, -0.2) is 9.97 Å². The summed E-state index contributed by atoms with van der Waals surface area (Å²) in [6.07, 6.45) is 2.86. The number of anilines is 1. The van der Waals surface area contributed by atoms with Crippen LogP contribution in [0.4, 0.5) is 5.82 Å². The number of aromatic nitrogens is 2. The van der Waals surface area contributed by atoms with E-state index >= 15 is 0 Å². The number of aryl methyl sites for hydroxylation is 1. The van der Waals surface area contributed by atoms with Crippen LogP contribution >= 0.6 is 15.9 Å². The van der Waals surface area contributed by atoms with E-state index in [2.05, 4.69) is 51.1 Å². The molecule has 0 atom stereocenters. The molecule has 0 saturated carbocycles. The van der Waals surface area contributed by atoms with Crippen molar-refractivity contribution in [3.63, 3.8) is 0 Å².